The lowest BCUT2D eigenvalue weighted by atomic mass is 10.0. The van der Waals surface area contributed by atoms with Gasteiger partial charge in [-0.1, -0.05) is 26.0 Å². The van der Waals surface area contributed by atoms with Crippen LogP contribution in [0.1, 0.15) is 40.6 Å². The third-order valence-electron chi connectivity index (χ3n) is 2.81. The normalized spacial score (nSPS) is 10.7. The van der Waals surface area contributed by atoms with E-state index in [-0.39, 0.29) is 4.88 Å². The third kappa shape index (κ3) is 3.15. The molecule has 0 radical (unpaired) electrons. The van der Waals surface area contributed by atoms with E-state index in [4.69, 9.17) is 9.84 Å². The number of aryl methyl sites for hydroxylation is 1. The average Bonchev–Trinajstić information content (AvgIpc) is 2.77. The highest BCUT2D eigenvalue weighted by Crippen LogP contribution is 2.33. The Hall–Kier alpha value is -1.81. The van der Waals surface area contributed by atoms with Crippen molar-refractivity contribution in [3.8, 4) is 11.5 Å². The topological polar surface area (TPSA) is 46.5 Å². The summed E-state index contributed by atoms with van der Waals surface area (Å²) in [6.07, 6.45) is 0. The summed E-state index contributed by atoms with van der Waals surface area (Å²) in [7, 11) is 0. The summed E-state index contributed by atoms with van der Waals surface area (Å²) in [4.78, 5) is 11.1. The van der Waals surface area contributed by atoms with E-state index in [1.54, 1.807) is 11.4 Å². The van der Waals surface area contributed by atoms with Crippen molar-refractivity contribution in [2.75, 3.05) is 0 Å². The van der Waals surface area contributed by atoms with Crippen LogP contribution in [-0.4, -0.2) is 11.1 Å². The zero-order valence-corrected chi connectivity index (χ0v) is 12.0. The molecule has 0 spiro atoms. The maximum Gasteiger partial charge on any atom is 0.346 e. The van der Waals surface area contributed by atoms with E-state index in [2.05, 4.69) is 26.0 Å². The first-order chi connectivity index (χ1) is 8.97. The molecule has 1 aromatic carbocycles. The van der Waals surface area contributed by atoms with E-state index in [0.29, 0.717) is 11.7 Å². The van der Waals surface area contributed by atoms with Crippen molar-refractivity contribution >= 4 is 17.3 Å². The van der Waals surface area contributed by atoms with Crippen molar-refractivity contribution in [2.45, 2.75) is 26.7 Å². The molecule has 0 amide bonds. The van der Waals surface area contributed by atoms with E-state index < -0.39 is 5.97 Å². The number of carboxylic acids is 1. The monoisotopic (exact) mass is 276 g/mol. The van der Waals surface area contributed by atoms with E-state index in [1.807, 2.05) is 13.0 Å². The summed E-state index contributed by atoms with van der Waals surface area (Å²) in [5, 5.41) is 10.6. The van der Waals surface area contributed by atoms with Gasteiger partial charge >= 0.3 is 5.97 Å². The zero-order chi connectivity index (χ0) is 14.0. The van der Waals surface area contributed by atoms with Gasteiger partial charge in [-0.2, -0.15) is 0 Å². The lowest BCUT2D eigenvalue weighted by Crippen LogP contribution is -1.94. The summed E-state index contributed by atoms with van der Waals surface area (Å²) in [6.45, 7) is 6.22. The van der Waals surface area contributed by atoms with Gasteiger partial charge in [0.1, 0.15) is 16.4 Å². The number of rotatable bonds is 4. The van der Waals surface area contributed by atoms with Gasteiger partial charge in [0.25, 0.3) is 0 Å². The molecule has 2 aromatic rings. The van der Waals surface area contributed by atoms with Crippen LogP contribution in [0.25, 0.3) is 0 Å². The number of thiophene rings is 1. The lowest BCUT2D eigenvalue weighted by molar-refractivity contribution is 0.0702. The molecule has 0 aliphatic rings. The first-order valence-electron chi connectivity index (χ1n) is 6.07. The Balaban J connectivity index is 2.31. The van der Waals surface area contributed by atoms with Gasteiger partial charge < -0.3 is 9.84 Å². The lowest BCUT2D eigenvalue weighted by Gasteiger charge is -2.13. The van der Waals surface area contributed by atoms with Crippen LogP contribution in [0, 0.1) is 6.92 Å². The van der Waals surface area contributed by atoms with E-state index in [0.717, 1.165) is 16.9 Å². The molecular weight excluding hydrogens is 260 g/mol. The second kappa shape index (κ2) is 5.45. The quantitative estimate of drug-likeness (QED) is 0.882. The molecular formula is C15H16O3S. The van der Waals surface area contributed by atoms with Gasteiger partial charge in [-0.3, -0.25) is 0 Å². The second-order valence-corrected chi connectivity index (χ2v) is 5.66. The predicted octanol–water partition coefficient (Wildman–Crippen LogP) is 4.67. The van der Waals surface area contributed by atoms with Gasteiger partial charge in [-0.15, -0.1) is 11.3 Å². The molecule has 4 heteroatoms. The van der Waals surface area contributed by atoms with Crippen LogP contribution in [0.2, 0.25) is 0 Å². The molecule has 19 heavy (non-hydrogen) atoms. The minimum Gasteiger partial charge on any atom is -0.477 e. The van der Waals surface area contributed by atoms with Gasteiger partial charge in [-0.05, 0) is 30.0 Å². The summed E-state index contributed by atoms with van der Waals surface area (Å²) in [6, 6.07) is 7.64. The van der Waals surface area contributed by atoms with Crippen molar-refractivity contribution in [1.82, 2.24) is 0 Å². The van der Waals surface area contributed by atoms with Crippen molar-refractivity contribution in [2.24, 2.45) is 0 Å². The minimum atomic E-state index is -0.923. The Bertz CT molecular complexity index is 599. The number of aromatic carboxylic acids is 1. The fourth-order valence-corrected chi connectivity index (χ4v) is 2.46. The molecule has 0 bridgehead atoms. The van der Waals surface area contributed by atoms with Gasteiger partial charge in [0.2, 0.25) is 0 Å². The molecule has 2 rings (SSSR count). The Morgan fingerprint density at radius 2 is 2.05 bits per heavy atom. The summed E-state index contributed by atoms with van der Waals surface area (Å²) >= 11 is 1.17. The number of carboxylic acid groups (broad SMARTS) is 1. The van der Waals surface area contributed by atoms with Crippen molar-refractivity contribution in [1.29, 1.82) is 0 Å². The third-order valence-corrected chi connectivity index (χ3v) is 3.70. The molecule has 0 aliphatic carbocycles. The fraction of sp³-hybridized carbons (Fsp3) is 0.267. The van der Waals surface area contributed by atoms with Gasteiger partial charge in [-0.25, -0.2) is 4.79 Å². The van der Waals surface area contributed by atoms with Gasteiger partial charge in [0.05, 0.1) is 0 Å². The highest BCUT2D eigenvalue weighted by molar-refractivity contribution is 7.12. The minimum absolute atomic E-state index is 0.286. The summed E-state index contributed by atoms with van der Waals surface area (Å²) in [5.41, 5.74) is 2.24. The molecule has 0 unspecified atom stereocenters. The van der Waals surface area contributed by atoms with E-state index in [1.165, 1.54) is 11.3 Å². The van der Waals surface area contributed by atoms with Crippen LogP contribution in [0.3, 0.4) is 0 Å². The Kier molecular flexibility index (Phi) is 3.90. The summed E-state index contributed by atoms with van der Waals surface area (Å²) < 4.78 is 5.83. The number of hydrogen-bond donors (Lipinski definition) is 1. The highest BCUT2D eigenvalue weighted by atomic mass is 32.1. The standard InChI is InChI=1S/C15H16O3S/c1-9(2)12-5-4-10(3)6-13(12)18-11-7-14(15(16)17)19-8-11/h4-9H,1-3H3,(H,16,17). The molecule has 0 fully saturated rings. The van der Waals surface area contributed by atoms with E-state index >= 15 is 0 Å². The number of hydrogen-bond acceptors (Lipinski definition) is 3. The van der Waals surface area contributed by atoms with Crippen LogP contribution in [0.4, 0.5) is 0 Å². The van der Waals surface area contributed by atoms with Crippen LogP contribution < -0.4 is 4.74 Å². The van der Waals surface area contributed by atoms with Crippen LogP contribution in [0.15, 0.2) is 29.6 Å². The highest BCUT2D eigenvalue weighted by Gasteiger charge is 2.12. The average molecular weight is 276 g/mol. The van der Waals surface area contributed by atoms with Crippen molar-refractivity contribution in [3.05, 3.63) is 45.6 Å². The first-order valence-corrected chi connectivity index (χ1v) is 6.95. The molecule has 0 aliphatic heterocycles. The second-order valence-electron chi connectivity index (χ2n) is 4.75. The molecule has 0 saturated carbocycles. The van der Waals surface area contributed by atoms with Crippen LogP contribution in [-0.2, 0) is 0 Å². The molecule has 1 N–H and O–H groups in total. The fourth-order valence-electron chi connectivity index (χ4n) is 1.82. The van der Waals surface area contributed by atoms with E-state index in [9.17, 15) is 4.79 Å². The molecule has 0 atom stereocenters. The number of benzene rings is 1. The number of ether oxygens (including phenoxy) is 1. The van der Waals surface area contributed by atoms with Crippen molar-refractivity contribution < 1.29 is 14.6 Å². The Morgan fingerprint density at radius 3 is 2.63 bits per heavy atom. The molecule has 100 valence electrons. The maximum absolute atomic E-state index is 10.9. The molecule has 0 saturated heterocycles. The van der Waals surface area contributed by atoms with Gasteiger partial charge in [0.15, 0.2) is 0 Å². The Morgan fingerprint density at radius 1 is 1.32 bits per heavy atom. The van der Waals surface area contributed by atoms with Gasteiger partial charge in [0, 0.05) is 11.4 Å². The largest absolute Gasteiger partial charge is 0.477 e. The van der Waals surface area contributed by atoms with Crippen LogP contribution >= 0.6 is 11.3 Å². The first kappa shape index (κ1) is 13.6. The molecule has 1 heterocycles. The zero-order valence-electron chi connectivity index (χ0n) is 11.1. The van der Waals surface area contributed by atoms with Crippen molar-refractivity contribution in [3.63, 3.8) is 0 Å². The predicted molar refractivity (Wildman–Crippen MR) is 76.6 cm³/mol. The smallest absolute Gasteiger partial charge is 0.346 e. The Labute approximate surface area is 116 Å². The van der Waals surface area contributed by atoms with Crippen LogP contribution in [0.5, 0.6) is 11.5 Å². The molecule has 3 nitrogen and oxygen atoms in total. The maximum atomic E-state index is 10.9. The number of carbonyl (C=O) groups is 1. The summed E-state index contributed by atoms with van der Waals surface area (Å²) in [5.74, 6) is 0.806. The molecule has 1 aromatic heterocycles. The SMILES string of the molecule is Cc1ccc(C(C)C)c(Oc2csc(C(=O)O)c2)c1.